The highest BCUT2D eigenvalue weighted by atomic mass is 19.4. The molecule has 0 saturated heterocycles. The van der Waals surface area contributed by atoms with E-state index in [4.69, 9.17) is 15.6 Å². The molecule has 7 nitrogen and oxygen atoms in total. The first-order chi connectivity index (χ1) is 10.2. The third kappa shape index (κ3) is 5.40. The summed E-state index contributed by atoms with van der Waals surface area (Å²) in [6, 6.07) is 7.71. The molecule has 0 spiro atoms. The number of halogens is 3. The van der Waals surface area contributed by atoms with Crippen LogP contribution < -0.4 is 5.73 Å². The highest BCUT2D eigenvalue weighted by molar-refractivity contribution is 5.73. The van der Waals surface area contributed by atoms with Crippen molar-refractivity contribution < 1.29 is 23.1 Å². The van der Waals surface area contributed by atoms with Crippen LogP contribution in [-0.2, 0) is 11.3 Å². The topological polar surface area (TPSA) is 115 Å². The van der Waals surface area contributed by atoms with Gasteiger partial charge in [0.05, 0.1) is 0 Å². The van der Waals surface area contributed by atoms with Gasteiger partial charge in [0, 0.05) is 12.1 Å². The highest BCUT2D eigenvalue weighted by Crippen LogP contribution is 2.14. The molecule has 1 aromatic carbocycles. The van der Waals surface area contributed by atoms with Crippen molar-refractivity contribution in [3.8, 4) is 11.4 Å². The summed E-state index contributed by atoms with van der Waals surface area (Å²) in [5.74, 6) is -1.66. The monoisotopic (exact) mass is 315 g/mol. The Balaban J connectivity index is 0.000000295. The molecule has 0 bridgehead atoms. The van der Waals surface area contributed by atoms with Crippen LogP contribution in [0.15, 0.2) is 24.3 Å². The Labute approximate surface area is 123 Å². The summed E-state index contributed by atoms with van der Waals surface area (Å²) in [5, 5.41) is 22.7. The van der Waals surface area contributed by atoms with Gasteiger partial charge in [0.25, 0.3) is 0 Å². The molecule has 3 N–H and O–H groups in total. The van der Waals surface area contributed by atoms with Crippen LogP contribution in [0, 0.1) is 6.92 Å². The molecule has 0 fully saturated rings. The number of nitrogens with two attached hydrogens (primary N) is 1. The molecule has 22 heavy (non-hydrogen) atoms. The molecule has 0 radical (unpaired) electrons. The fraction of sp³-hybridized carbons (Fsp3) is 0.250. The Morgan fingerprint density at radius 2 is 1.59 bits per heavy atom. The van der Waals surface area contributed by atoms with Gasteiger partial charge < -0.3 is 10.8 Å². The molecule has 1 aromatic heterocycles. The summed E-state index contributed by atoms with van der Waals surface area (Å²) in [6.07, 6.45) is -5.08. The number of carboxylic acid groups (broad SMARTS) is 1. The number of aromatic nitrogens is 4. The van der Waals surface area contributed by atoms with Crippen molar-refractivity contribution in [1.82, 2.24) is 20.4 Å². The molecule has 0 atom stereocenters. The van der Waals surface area contributed by atoms with Crippen LogP contribution in [0.5, 0.6) is 0 Å². The maximum absolute atomic E-state index is 10.6. The van der Waals surface area contributed by atoms with Crippen molar-refractivity contribution in [1.29, 1.82) is 0 Å². The van der Waals surface area contributed by atoms with E-state index in [2.05, 4.69) is 20.4 Å². The lowest BCUT2D eigenvalue weighted by atomic mass is 10.1. The zero-order valence-corrected chi connectivity index (χ0v) is 11.4. The Kier molecular flexibility index (Phi) is 5.87. The van der Waals surface area contributed by atoms with Gasteiger partial charge in [0.15, 0.2) is 5.82 Å². The van der Waals surface area contributed by atoms with Gasteiger partial charge in [-0.05, 0) is 12.5 Å². The largest absolute Gasteiger partial charge is 0.490 e. The maximum Gasteiger partial charge on any atom is 0.490 e. The summed E-state index contributed by atoms with van der Waals surface area (Å²) < 4.78 is 31.7. The number of carbonyl (C=O) groups is 1. The summed E-state index contributed by atoms with van der Waals surface area (Å²) >= 11 is 0. The average Bonchev–Trinajstić information content (AvgIpc) is 2.48. The number of benzene rings is 1. The molecule has 0 aliphatic rings. The van der Waals surface area contributed by atoms with Crippen LogP contribution in [-0.4, -0.2) is 37.6 Å². The lowest BCUT2D eigenvalue weighted by molar-refractivity contribution is -0.192. The van der Waals surface area contributed by atoms with E-state index in [-0.39, 0.29) is 0 Å². The van der Waals surface area contributed by atoms with Gasteiger partial charge in [-0.2, -0.15) is 13.2 Å². The molecule has 0 aliphatic carbocycles. The van der Waals surface area contributed by atoms with Crippen molar-refractivity contribution in [2.75, 3.05) is 0 Å². The molecule has 0 aliphatic heterocycles. The summed E-state index contributed by atoms with van der Waals surface area (Å²) in [6.45, 7) is 2.28. The molecule has 1 heterocycles. The molecule has 10 heteroatoms. The van der Waals surface area contributed by atoms with Gasteiger partial charge in [-0.1, -0.05) is 24.3 Å². The average molecular weight is 315 g/mol. The molecule has 0 saturated carbocycles. The first-order valence-corrected chi connectivity index (χ1v) is 5.87. The quantitative estimate of drug-likeness (QED) is 0.859. The third-order valence-corrected chi connectivity index (χ3v) is 2.27. The number of carboxylic acids is 1. The summed E-state index contributed by atoms with van der Waals surface area (Å²) in [5.41, 5.74) is 7.47. The lowest BCUT2D eigenvalue weighted by Crippen LogP contribution is -2.21. The molecular weight excluding hydrogens is 303 g/mol. The number of aliphatic carboxylic acids is 1. The number of hydrogen-bond donors (Lipinski definition) is 2. The van der Waals surface area contributed by atoms with Gasteiger partial charge in [0.2, 0.25) is 5.82 Å². The van der Waals surface area contributed by atoms with Crippen molar-refractivity contribution in [3.05, 3.63) is 35.7 Å². The SMILES string of the molecule is Cc1nnc(-c2ccc(CN)cc2)nn1.O=C(O)C(F)(F)F. The van der Waals surface area contributed by atoms with E-state index in [0.29, 0.717) is 18.2 Å². The predicted octanol–water partition coefficient (Wildman–Crippen LogP) is 1.33. The number of alkyl halides is 3. The second kappa shape index (κ2) is 7.41. The van der Waals surface area contributed by atoms with Gasteiger partial charge in [-0.15, -0.1) is 20.4 Å². The minimum atomic E-state index is -5.08. The third-order valence-electron chi connectivity index (χ3n) is 2.27. The van der Waals surface area contributed by atoms with E-state index in [1.54, 1.807) is 6.92 Å². The maximum atomic E-state index is 10.6. The predicted molar refractivity (Wildman–Crippen MR) is 69.4 cm³/mol. The zero-order chi connectivity index (χ0) is 16.8. The molecular formula is C12H12F3N5O2. The van der Waals surface area contributed by atoms with Crippen molar-refractivity contribution in [3.63, 3.8) is 0 Å². The van der Waals surface area contributed by atoms with Crippen molar-refractivity contribution in [2.45, 2.75) is 19.6 Å². The second-order valence-electron chi connectivity index (χ2n) is 3.97. The smallest absolute Gasteiger partial charge is 0.475 e. The zero-order valence-electron chi connectivity index (χ0n) is 11.4. The molecule has 118 valence electrons. The Morgan fingerprint density at radius 3 is 1.95 bits per heavy atom. The van der Waals surface area contributed by atoms with Gasteiger partial charge in [-0.3, -0.25) is 0 Å². The van der Waals surface area contributed by atoms with Crippen LogP contribution in [0.3, 0.4) is 0 Å². The van der Waals surface area contributed by atoms with E-state index >= 15 is 0 Å². The number of hydrogen-bond acceptors (Lipinski definition) is 6. The molecule has 0 unspecified atom stereocenters. The highest BCUT2D eigenvalue weighted by Gasteiger charge is 2.38. The summed E-state index contributed by atoms with van der Waals surface area (Å²) in [4.78, 5) is 8.90. The van der Waals surface area contributed by atoms with E-state index in [9.17, 15) is 13.2 Å². The Morgan fingerprint density at radius 1 is 1.14 bits per heavy atom. The van der Waals surface area contributed by atoms with Gasteiger partial charge in [-0.25, -0.2) is 4.79 Å². The first kappa shape index (κ1) is 17.4. The van der Waals surface area contributed by atoms with Crippen LogP contribution in [0.1, 0.15) is 11.4 Å². The minimum absolute atomic E-state index is 0.532. The normalized spacial score (nSPS) is 10.6. The number of aryl methyl sites for hydroxylation is 1. The van der Waals surface area contributed by atoms with E-state index in [1.165, 1.54) is 0 Å². The Hall–Kier alpha value is -2.62. The van der Waals surface area contributed by atoms with Crippen molar-refractivity contribution >= 4 is 5.97 Å². The molecule has 2 rings (SSSR count). The number of rotatable bonds is 2. The number of nitrogens with zero attached hydrogens (tertiary/aromatic N) is 4. The fourth-order valence-electron chi connectivity index (χ4n) is 1.18. The lowest BCUT2D eigenvalue weighted by Gasteiger charge is -1.99. The second-order valence-corrected chi connectivity index (χ2v) is 3.97. The first-order valence-electron chi connectivity index (χ1n) is 5.87. The van der Waals surface area contributed by atoms with Crippen LogP contribution in [0.25, 0.3) is 11.4 Å². The van der Waals surface area contributed by atoms with Crippen molar-refractivity contribution in [2.24, 2.45) is 5.73 Å². The van der Waals surface area contributed by atoms with Gasteiger partial charge >= 0.3 is 12.1 Å². The van der Waals surface area contributed by atoms with E-state index in [0.717, 1.165) is 11.1 Å². The van der Waals surface area contributed by atoms with Crippen LogP contribution >= 0.6 is 0 Å². The molecule has 0 amide bonds. The van der Waals surface area contributed by atoms with E-state index < -0.39 is 12.1 Å². The fourth-order valence-corrected chi connectivity index (χ4v) is 1.18. The van der Waals surface area contributed by atoms with Crippen LogP contribution in [0.4, 0.5) is 13.2 Å². The van der Waals surface area contributed by atoms with E-state index in [1.807, 2.05) is 24.3 Å². The minimum Gasteiger partial charge on any atom is -0.475 e. The standard InChI is InChI=1S/C10H11N5.C2HF3O2/c1-7-12-14-10(15-13-7)9-4-2-8(6-11)3-5-9;3-2(4,5)1(6)7/h2-5H,6,11H2,1H3;(H,6,7). The van der Waals surface area contributed by atoms with Crippen LogP contribution in [0.2, 0.25) is 0 Å². The van der Waals surface area contributed by atoms with Gasteiger partial charge in [0.1, 0.15) is 0 Å². The molecule has 2 aromatic rings. The summed E-state index contributed by atoms with van der Waals surface area (Å²) in [7, 11) is 0. The Bertz CT molecular complexity index is 614.